The maximum Gasteiger partial charge on any atom is 0.330 e. The average molecular weight is 392 g/mol. The fourth-order valence-electron chi connectivity index (χ4n) is 3.85. The first-order valence-corrected chi connectivity index (χ1v) is 8.11. The van der Waals surface area contributed by atoms with Crippen molar-refractivity contribution >= 4 is 29.6 Å². The van der Waals surface area contributed by atoms with Crippen molar-refractivity contribution in [1.82, 2.24) is 19.6 Å². The Morgan fingerprint density at radius 3 is 1.96 bits per heavy atom. The number of non-ortho nitro benzene ring substituents is 1. The number of fused-ring (bicyclic) bond motifs is 1. The van der Waals surface area contributed by atoms with Crippen LogP contribution >= 0.6 is 0 Å². The number of hydrogen-bond acceptors (Lipinski definition) is 6. The number of nitrogens with zero attached hydrogens (tertiary/aromatic N) is 5. The number of carbonyl (C=O) groups is 4. The number of imide groups is 2. The number of nitro groups is 1. The second-order valence-corrected chi connectivity index (χ2v) is 6.81. The third-order valence-corrected chi connectivity index (χ3v) is 5.76. The van der Waals surface area contributed by atoms with Crippen LogP contribution in [0.2, 0.25) is 0 Å². The Hall–Kier alpha value is -3.50. The molecule has 0 aromatic heterocycles. The number of hydrogen-bond donors (Lipinski definition) is 0. The van der Waals surface area contributed by atoms with E-state index in [-0.39, 0.29) is 11.3 Å². The summed E-state index contributed by atoms with van der Waals surface area (Å²) in [4.78, 5) is 65.4. The number of likely N-dealkylation sites (N-methyl/N-ethyl adjacent to an activating group) is 2. The molecule has 0 aliphatic carbocycles. The van der Waals surface area contributed by atoms with E-state index in [1.807, 2.05) is 0 Å². The van der Waals surface area contributed by atoms with Gasteiger partial charge in [-0.15, -0.1) is 0 Å². The molecule has 2 aliphatic rings. The summed E-state index contributed by atoms with van der Waals surface area (Å²) < 4.78 is 22.4. The Bertz CT molecular complexity index is 1030. The van der Waals surface area contributed by atoms with E-state index >= 15 is 0 Å². The van der Waals surface area contributed by atoms with Gasteiger partial charge in [0.2, 0.25) is 5.91 Å². The van der Waals surface area contributed by atoms with Crippen LogP contribution in [0.5, 0.6) is 0 Å². The molecule has 2 fully saturated rings. The Labute approximate surface area is 164 Å². The van der Waals surface area contributed by atoms with Crippen LogP contribution in [0.25, 0.3) is 0 Å². The van der Waals surface area contributed by atoms with E-state index in [0.717, 1.165) is 34.1 Å². The van der Waals surface area contributed by atoms with Crippen molar-refractivity contribution in [2.75, 3.05) is 14.1 Å². The van der Waals surface area contributed by atoms with Gasteiger partial charge in [0, 0.05) is 42.8 Å². The van der Waals surface area contributed by atoms with Gasteiger partial charge in [0.15, 0.2) is 11.3 Å². The normalized spacial score (nSPS) is 28.8. The molecular weight excluding hydrogens is 370 g/mol. The summed E-state index contributed by atoms with van der Waals surface area (Å²) in [5, 5.41) is 10.9. The lowest BCUT2D eigenvalue weighted by molar-refractivity contribution is -0.384. The highest BCUT2D eigenvalue weighted by Gasteiger charge is 2.75. The van der Waals surface area contributed by atoms with Crippen molar-refractivity contribution in [2.24, 2.45) is 0 Å². The highest BCUT2D eigenvalue weighted by molar-refractivity contribution is 6.09. The molecule has 0 saturated carbocycles. The molecule has 0 spiro atoms. The third-order valence-electron chi connectivity index (χ3n) is 5.76. The molecule has 0 N–H and O–H groups in total. The molecule has 11 nitrogen and oxygen atoms in total. The Morgan fingerprint density at radius 1 is 1.00 bits per heavy atom. The van der Waals surface area contributed by atoms with Crippen LogP contribution in [0.4, 0.5) is 15.3 Å². The van der Waals surface area contributed by atoms with Crippen LogP contribution < -0.4 is 0 Å². The SMILES string of the molecule is [2H]C([2H])([2H])C(=O)N1C(=O)N(C)[C@]2(C)N(C)C(=O)N(C(=O)c3ccc([N+](=O)[O-])cc3)[C@]12C. The minimum Gasteiger partial charge on any atom is -0.300 e. The highest BCUT2D eigenvalue weighted by atomic mass is 16.6. The largest absolute Gasteiger partial charge is 0.330 e. The first kappa shape index (κ1) is 15.5. The standard InChI is InChI=1S/C17H19N5O6/c1-10(23)20-14(25)18(4)16(2)17(20,3)21(15(26)19(16)5)13(24)11-6-8-12(9-7-11)22(27)28/h6-9H,1-5H3/t16-,17+/m1/s1/i1D3. The van der Waals surface area contributed by atoms with Crippen molar-refractivity contribution in [3.05, 3.63) is 39.9 Å². The van der Waals surface area contributed by atoms with E-state index in [1.54, 1.807) is 0 Å². The predicted octanol–water partition coefficient (Wildman–Crippen LogP) is 1.45. The van der Waals surface area contributed by atoms with E-state index in [0.29, 0.717) is 9.80 Å². The molecule has 1 aromatic rings. The minimum absolute atomic E-state index is 0.124. The number of nitro benzene ring substituents is 1. The molecule has 2 atom stereocenters. The van der Waals surface area contributed by atoms with Gasteiger partial charge in [-0.05, 0) is 26.0 Å². The number of carbonyl (C=O) groups excluding carboxylic acids is 4. The summed E-state index contributed by atoms with van der Waals surface area (Å²) in [5.74, 6) is -2.50. The van der Waals surface area contributed by atoms with Crippen LogP contribution in [-0.4, -0.2) is 73.8 Å². The molecular formula is C17H19N5O6. The molecule has 6 amide bonds. The van der Waals surface area contributed by atoms with Gasteiger partial charge in [0.05, 0.1) is 4.92 Å². The van der Waals surface area contributed by atoms with E-state index in [9.17, 15) is 29.3 Å². The van der Waals surface area contributed by atoms with Gasteiger partial charge >= 0.3 is 12.1 Å². The number of amides is 6. The zero-order valence-electron chi connectivity index (χ0n) is 18.5. The Morgan fingerprint density at radius 2 is 1.50 bits per heavy atom. The smallest absolute Gasteiger partial charge is 0.300 e. The number of urea groups is 2. The predicted molar refractivity (Wildman–Crippen MR) is 94.9 cm³/mol. The first-order valence-electron chi connectivity index (χ1n) is 9.61. The zero-order valence-corrected chi connectivity index (χ0v) is 15.5. The lowest BCUT2D eigenvalue weighted by Gasteiger charge is -2.42. The second-order valence-electron chi connectivity index (χ2n) is 6.81. The Balaban J connectivity index is 2.19. The molecule has 2 heterocycles. The summed E-state index contributed by atoms with van der Waals surface area (Å²) in [6, 6.07) is 2.52. The molecule has 3 rings (SSSR count). The highest BCUT2D eigenvalue weighted by Crippen LogP contribution is 2.50. The van der Waals surface area contributed by atoms with E-state index in [2.05, 4.69) is 0 Å². The average Bonchev–Trinajstić information content (AvgIpc) is 2.94. The molecule has 0 radical (unpaired) electrons. The molecule has 2 saturated heterocycles. The first-order chi connectivity index (χ1) is 14.1. The topological polar surface area (TPSA) is 124 Å². The zero-order chi connectivity index (χ0) is 23.7. The molecule has 2 aliphatic heterocycles. The summed E-state index contributed by atoms with van der Waals surface area (Å²) in [6.07, 6.45) is 0. The van der Waals surface area contributed by atoms with Gasteiger partial charge in [-0.1, -0.05) is 0 Å². The van der Waals surface area contributed by atoms with Crippen LogP contribution in [-0.2, 0) is 4.79 Å². The summed E-state index contributed by atoms with van der Waals surface area (Å²) >= 11 is 0. The third kappa shape index (κ3) is 2.03. The maximum atomic E-state index is 13.3. The van der Waals surface area contributed by atoms with Crippen LogP contribution in [0.1, 0.15) is 35.2 Å². The summed E-state index contributed by atoms with van der Waals surface area (Å²) in [6.45, 7) is -0.529. The quantitative estimate of drug-likeness (QED) is 0.554. The van der Waals surface area contributed by atoms with Crippen molar-refractivity contribution in [3.8, 4) is 0 Å². The lowest BCUT2D eigenvalue weighted by Crippen LogP contribution is -2.65. The van der Waals surface area contributed by atoms with Crippen LogP contribution in [0.3, 0.4) is 0 Å². The van der Waals surface area contributed by atoms with E-state index < -0.39 is 47.0 Å². The Kier molecular flexibility index (Phi) is 3.19. The van der Waals surface area contributed by atoms with Gasteiger partial charge in [0.25, 0.3) is 11.6 Å². The van der Waals surface area contributed by atoms with Crippen molar-refractivity contribution in [1.29, 1.82) is 0 Å². The van der Waals surface area contributed by atoms with Crippen LogP contribution in [0.15, 0.2) is 24.3 Å². The second kappa shape index (κ2) is 5.75. The van der Waals surface area contributed by atoms with E-state index in [1.165, 1.54) is 27.9 Å². The van der Waals surface area contributed by atoms with Gasteiger partial charge < -0.3 is 9.80 Å². The van der Waals surface area contributed by atoms with E-state index in [4.69, 9.17) is 4.11 Å². The number of benzene rings is 1. The molecule has 0 bridgehead atoms. The monoisotopic (exact) mass is 392 g/mol. The minimum atomic E-state index is -3.21. The van der Waals surface area contributed by atoms with Gasteiger partial charge in [-0.3, -0.25) is 19.7 Å². The lowest BCUT2D eigenvalue weighted by atomic mass is 9.94. The fourth-order valence-corrected chi connectivity index (χ4v) is 3.85. The molecule has 28 heavy (non-hydrogen) atoms. The molecule has 0 unspecified atom stereocenters. The van der Waals surface area contributed by atoms with Gasteiger partial charge in [-0.2, -0.15) is 0 Å². The van der Waals surface area contributed by atoms with Crippen molar-refractivity contribution in [3.63, 3.8) is 0 Å². The molecule has 11 heteroatoms. The molecule has 1 aromatic carbocycles. The fraction of sp³-hybridized carbons (Fsp3) is 0.412. The maximum absolute atomic E-state index is 13.3. The van der Waals surface area contributed by atoms with Gasteiger partial charge in [0.1, 0.15) is 0 Å². The summed E-state index contributed by atoms with van der Waals surface area (Å²) in [5.41, 5.74) is -4.01. The van der Waals surface area contributed by atoms with Crippen molar-refractivity contribution in [2.45, 2.75) is 32.0 Å². The molecule has 148 valence electrons. The van der Waals surface area contributed by atoms with Gasteiger partial charge in [-0.25, -0.2) is 19.4 Å². The summed E-state index contributed by atoms with van der Waals surface area (Å²) in [7, 11) is 2.60. The van der Waals surface area contributed by atoms with Crippen molar-refractivity contribution < 1.29 is 28.2 Å². The van der Waals surface area contributed by atoms with Crippen LogP contribution in [0, 0.1) is 10.1 Å². The number of rotatable bonds is 2.